The van der Waals surface area contributed by atoms with E-state index < -0.39 is 24.0 Å². The molecular weight excluding hydrogens is 512 g/mol. The third-order valence-electron chi connectivity index (χ3n) is 5.62. The Balaban J connectivity index is 1.36. The molecule has 0 spiro atoms. The second-order valence-corrected chi connectivity index (χ2v) is 8.62. The smallest absolute Gasteiger partial charge is 0.327 e. The van der Waals surface area contributed by atoms with E-state index in [1.54, 1.807) is 49.1 Å². The topological polar surface area (TPSA) is 170 Å². The van der Waals surface area contributed by atoms with Crippen molar-refractivity contribution >= 4 is 23.8 Å². The van der Waals surface area contributed by atoms with Crippen molar-refractivity contribution in [1.29, 1.82) is 0 Å². The highest BCUT2D eigenvalue weighted by atomic mass is 16.5. The van der Waals surface area contributed by atoms with Gasteiger partial charge in [-0.25, -0.2) is 9.59 Å². The molecule has 0 aliphatic heterocycles. The minimum Gasteiger partial charge on any atom is -0.480 e. The van der Waals surface area contributed by atoms with Crippen LogP contribution in [0.4, 0.5) is 0 Å². The molecule has 0 aliphatic carbocycles. The Kier molecular flexibility index (Phi) is 15.0. The van der Waals surface area contributed by atoms with Crippen LogP contribution in [-0.2, 0) is 33.4 Å². The van der Waals surface area contributed by atoms with E-state index in [0.29, 0.717) is 65.6 Å². The molecule has 0 saturated heterocycles. The zero-order valence-corrected chi connectivity index (χ0v) is 21.9. The van der Waals surface area contributed by atoms with E-state index >= 15 is 0 Å². The van der Waals surface area contributed by atoms with Crippen LogP contribution in [0.5, 0.6) is 0 Å². The Bertz CT molecular complexity index is 901. The predicted octanol–water partition coefficient (Wildman–Crippen LogP) is 1.08. The molecule has 0 aromatic carbocycles. The SMILES string of the molecule is O=C(C[C@@H](C(=O)O)n1cccc1)NCCCOCCOCCOCCCNC(=O)C[C@@H](C(=O)O)n1cccc1. The van der Waals surface area contributed by atoms with Crippen LogP contribution in [0.25, 0.3) is 0 Å². The van der Waals surface area contributed by atoms with Gasteiger partial charge in [-0.2, -0.15) is 0 Å². The quantitative estimate of drug-likeness (QED) is 0.157. The Labute approximate surface area is 227 Å². The molecule has 216 valence electrons. The lowest BCUT2D eigenvalue weighted by molar-refractivity contribution is -0.143. The summed E-state index contributed by atoms with van der Waals surface area (Å²) < 4.78 is 19.3. The first-order chi connectivity index (χ1) is 18.9. The molecule has 0 aliphatic rings. The fourth-order valence-corrected chi connectivity index (χ4v) is 3.59. The number of carbonyl (C=O) groups excluding carboxylic acids is 2. The van der Waals surface area contributed by atoms with Crippen molar-refractivity contribution in [2.45, 2.75) is 37.8 Å². The van der Waals surface area contributed by atoms with Gasteiger partial charge in [0.1, 0.15) is 12.1 Å². The number of carbonyl (C=O) groups is 4. The van der Waals surface area contributed by atoms with Crippen LogP contribution in [0.1, 0.15) is 37.8 Å². The summed E-state index contributed by atoms with van der Waals surface area (Å²) in [5, 5.41) is 24.0. The molecule has 0 bridgehead atoms. The number of amides is 2. The number of hydrogen-bond donors (Lipinski definition) is 4. The lowest BCUT2D eigenvalue weighted by Gasteiger charge is -2.14. The Morgan fingerprint density at radius 2 is 0.923 bits per heavy atom. The van der Waals surface area contributed by atoms with Gasteiger partial charge >= 0.3 is 11.9 Å². The first-order valence-corrected chi connectivity index (χ1v) is 12.9. The van der Waals surface area contributed by atoms with Crippen LogP contribution >= 0.6 is 0 Å². The van der Waals surface area contributed by atoms with Gasteiger partial charge in [0.05, 0.1) is 39.3 Å². The number of carboxylic acid groups (broad SMARTS) is 2. The summed E-state index contributed by atoms with van der Waals surface area (Å²) >= 11 is 0. The van der Waals surface area contributed by atoms with Crippen LogP contribution < -0.4 is 10.6 Å². The second kappa shape index (κ2) is 18.6. The lowest BCUT2D eigenvalue weighted by Crippen LogP contribution is -2.30. The molecule has 0 unspecified atom stereocenters. The van der Waals surface area contributed by atoms with Gasteiger partial charge < -0.3 is 44.2 Å². The Morgan fingerprint density at radius 1 is 0.590 bits per heavy atom. The van der Waals surface area contributed by atoms with E-state index in [4.69, 9.17) is 14.2 Å². The molecular formula is C26H38N4O9. The van der Waals surface area contributed by atoms with Gasteiger partial charge in [0.15, 0.2) is 0 Å². The number of aliphatic carboxylic acids is 2. The summed E-state index contributed by atoms with van der Waals surface area (Å²) in [6.45, 7) is 3.24. The Hall–Kier alpha value is -3.68. The number of hydrogen-bond acceptors (Lipinski definition) is 7. The largest absolute Gasteiger partial charge is 0.480 e. The van der Waals surface area contributed by atoms with Gasteiger partial charge in [-0.15, -0.1) is 0 Å². The summed E-state index contributed by atoms with van der Waals surface area (Å²) in [7, 11) is 0. The van der Waals surface area contributed by atoms with Gasteiger partial charge in [0.2, 0.25) is 11.8 Å². The van der Waals surface area contributed by atoms with Crippen molar-refractivity contribution in [3.63, 3.8) is 0 Å². The number of nitrogens with one attached hydrogen (secondary N) is 2. The Morgan fingerprint density at radius 3 is 1.26 bits per heavy atom. The highest BCUT2D eigenvalue weighted by Crippen LogP contribution is 2.13. The third kappa shape index (κ3) is 13.1. The van der Waals surface area contributed by atoms with Crippen molar-refractivity contribution < 1.29 is 43.6 Å². The van der Waals surface area contributed by atoms with Gasteiger partial charge in [-0.1, -0.05) is 0 Å². The summed E-state index contributed by atoms with van der Waals surface area (Å²) in [5.74, 6) is -2.78. The lowest BCUT2D eigenvalue weighted by atomic mass is 10.2. The summed E-state index contributed by atoms with van der Waals surface area (Å²) in [5.41, 5.74) is 0. The van der Waals surface area contributed by atoms with Crippen LogP contribution in [-0.4, -0.2) is 95.8 Å². The second-order valence-electron chi connectivity index (χ2n) is 8.62. The predicted molar refractivity (Wildman–Crippen MR) is 139 cm³/mol. The highest BCUT2D eigenvalue weighted by molar-refractivity contribution is 5.83. The summed E-state index contributed by atoms with van der Waals surface area (Å²) in [4.78, 5) is 46.7. The van der Waals surface area contributed by atoms with Crippen molar-refractivity contribution in [3.8, 4) is 0 Å². The van der Waals surface area contributed by atoms with Crippen molar-refractivity contribution in [2.75, 3.05) is 52.7 Å². The van der Waals surface area contributed by atoms with E-state index in [0.717, 1.165) is 0 Å². The number of rotatable bonds is 22. The van der Waals surface area contributed by atoms with Crippen molar-refractivity contribution in [2.24, 2.45) is 0 Å². The normalized spacial score (nSPS) is 12.5. The average molecular weight is 551 g/mol. The number of ether oxygens (including phenoxy) is 3. The maximum atomic E-state index is 12.0. The van der Waals surface area contributed by atoms with E-state index in [1.807, 2.05) is 0 Å². The zero-order valence-electron chi connectivity index (χ0n) is 21.9. The van der Waals surface area contributed by atoms with Crippen LogP contribution in [0.3, 0.4) is 0 Å². The fraction of sp³-hybridized carbons (Fsp3) is 0.538. The third-order valence-corrected chi connectivity index (χ3v) is 5.62. The van der Waals surface area contributed by atoms with Gasteiger partial charge in [-0.3, -0.25) is 9.59 Å². The van der Waals surface area contributed by atoms with Crippen LogP contribution in [0.15, 0.2) is 49.1 Å². The molecule has 13 nitrogen and oxygen atoms in total. The molecule has 0 fully saturated rings. The number of aromatic nitrogens is 2. The highest BCUT2D eigenvalue weighted by Gasteiger charge is 2.23. The molecule has 39 heavy (non-hydrogen) atoms. The van der Waals surface area contributed by atoms with E-state index in [9.17, 15) is 29.4 Å². The standard InChI is InChI=1S/C26H38N4O9/c31-23(19-21(25(33)34)29-9-1-2-10-29)27-7-5-13-37-15-17-39-18-16-38-14-6-8-28-24(32)20-22(26(35)36)30-11-3-4-12-30/h1-4,9-12,21-22H,5-8,13-20H2,(H,27,31)(H,28,32)(H,33,34)(H,35,36)/t21-,22-/m0/s1. The molecule has 0 radical (unpaired) electrons. The van der Waals surface area contributed by atoms with E-state index in [2.05, 4.69) is 10.6 Å². The molecule has 4 N–H and O–H groups in total. The summed E-state index contributed by atoms with van der Waals surface area (Å²) in [6.07, 6.45) is 7.37. The zero-order chi connectivity index (χ0) is 28.3. The maximum absolute atomic E-state index is 12.0. The molecule has 2 heterocycles. The van der Waals surface area contributed by atoms with Crippen molar-refractivity contribution in [3.05, 3.63) is 49.1 Å². The minimum atomic E-state index is -1.06. The number of nitrogens with zero attached hydrogens (tertiary/aromatic N) is 2. The first kappa shape index (κ1) is 31.5. The summed E-state index contributed by atoms with van der Waals surface area (Å²) in [6, 6.07) is 4.97. The average Bonchev–Trinajstić information content (AvgIpc) is 3.62. The molecule has 2 rings (SSSR count). The van der Waals surface area contributed by atoms with E-state index in [1.165, 1.54) is 9.13 Å². The van der Waals surface area contributed by atoms with Gasteiger partial charge in [-0.05, 0) is 37.1 Å². The van der Waals surface area contributed by atoms with Crippen LogP contribution in [0, 0.1) is 0 Å². The number of carboxylic acids is 2. The molecule has 13 heteroatoms. The van der Waals surface area contributed by atoms with Gasteiger partial charge in [0, 0.05) is 51.1 Å². The maximum Gasteiger partial charge on any atom is 0.327 e. The monoisotopic (exact) mass is 550 g/mol. The van der Waals surface area contributed by atoms with Crippen LogP contribution in [0.2, 0.25) is 0 Å². The fourth-order valence-electron chi connectivity index (χ4n) is 3.59. The molecule has 2 amide bonds. The molecule has 0 saturated carbocycles. The first-order valence-electron chi connectivity index (χ1n) is 12.9. The molecule has 2 aromatic rings. The molecule has 2 atom stereocenters. The van der Waals surface area contributed by atoms with Gasteiger partial charge in [0.25, 0.3) is 0 Å². The molecule has 2 aromatic heterocycles. The van der Waals surface area contributed by atoms with Crippen molar-refractivity contribution in [1.82, 2.24) is 19.8 Å². The minimum absolute atomic E-state index is 0.141. The van der Waals surface area contributed by atoms with E-state index in [-0.39, 0.29) is 24.7 Å².